The van der Waals surface area contributed by atoms with Crippen LogP contribution in [0.2, 0.25) is 0 Å². The lowest BCUT2D eigenvalue weighted by Crippen LogP contribution is -2.49. The molecule has 7 nitrogen and oxygen atoms in total. The fourth-order valence-electron chi connectivity index (χ4n) is 2.92. The number of alkyl carbamates (subject to hydrolysis) is 1. The molecule has 0 heterocycles. The first kappa shape index (κ1) is 30.7. The highest BCUT2D eigenvalue weighted by molar-refractivity contribution is 8.32. The summed E-state index contributed by atoms with van der Waals surface area (Å²) in [5.41, 5.74) is 0.659. The fraction of sp³-hybridized carbons (Fsp3) is 0.500. The molecular weight excluding hydrogens is 489 g/mol. The number of benzene rings is 2. The molecule has 2 rings (SSSR count). The quantitative estimate of drug-likeness (QED) is 0.246. The number of hydrogen-bond acceptors (Lipinski definition) is 6. The molecule has 0 fully saturated rings. The van der Waals surface area contributed by atoms with E-state index < -0.39 is 39.2 Å². The summed E-state index contributed by atoms with van der Waals surface area (Å²) in [6, 6.07) is 14.4. The van der Waals surface area contributed by atoms with Crippen LogP contribution >= 0.6 is 10.0 Å². The molecule has 2 N–H and O–H groups in total. The molecule has 203 valence electrons. The molecule has 0 aliphatic carbocycles. The largest absolute Gasteiger partial charge is 0.449 e. The summed E-state index contributed by atoms with van der Waals surface area (Å²) in [6.07, 6.45) is 5.90. The van der Waals surface area contributed by atoms with Crippen molar-refractivity contribution in [2.75, 3.05) is 37.7 Å². The molecule has 0 bridgehead atoms. The van der Waals surface area contributed by atoms with E-state index in [9.17, 15) is 14.7 Å². The highest BCUT2D eigenvalue weighted by Gasteiger charge is 2.35. The Hall–Kier alpha value is -2.49. The molecule has 0 aliphatic heterocycles. The first-order valence-electron chi connectivity index (χ1n) is 12.3. The fourth-order valence-corrected chi connectivity index (χ4v) is 3.50. The Balaban J connectivity index is 2.11. The Morgan fingerprint density at radius 2 is 1.59 bits per heavy atom. The van der Waals surface area contributed by atoms with Gasteiger partial charge in [-0.2, -0.15) is 0 Å². The predicted molar refractivity (Wildman–Crippen MR) is 152 cm³/mol. The van der Waals surface area contributed by atoms with Crippen molar-refractivity contribution in [3.05, 3.63) is 59.7 Å². The standard InChI is InChI=1S/C28H41BNO6S/c1-20-9-15-23(16-10-20)35-25(31)24(19-30-26(32)34-17-18-37(6,7)8)21-11-13-22(14-12-21)29-36-28(4,5)27(2,3)33/h9-16,24,33H,17-19H2,1-8H3,(H,30,32). The number of hydrogen-bond donors (Lipinski definition) is 2. The number of nitrogens with one attached hydrogen (secondary N) is 1. The Morgan fingerprint density at radius 1 is 1.00 bits per heavy atom. The number of esters is 1. The minimum absolute atomic E-state index is 0.0250. The van der Waals surface area contributed by atoms with Crippen molar-refractivity contribution in [1.29, 1.82) is 0 Å². The summed E-state index contributed by atoms with van der Waals surface area (Å²) in [7, 11) is 0.800. The summed E-state index contributed by atoms with van der Waals surface area (Å²) in [5, 5.41) is 13.0. The van der Waals surface area contributed by atoms with E-state index in [1.54, 1.807) is 45.6 Å². The summed E-state index contributed by atoms with van der Waals surface area (Å²) >= 11 is 0. The van der Waals surface area contributed by atoms with Gasteiger partial charge in [0.25, 0.3) is 0 Å². The number of ether oxygens (including phenoxy) is 2. The van der Waals surface area contributed by atoms with Crippen LogP contribution in [0.4, 0.5) is 4.79 Å². The molecule has 1 atom stereocenters. The smallest absolute Gasteiger partial charge is 0.407 e. The Kier molecular flexibility index (Phi) is 10.7. The summed E-state index contributed by atoms with van der Waals surface area (Å²) in [5.74, 6) is 0.0108. The first-order chi connectivity index (χ1) is 17.1. The third-order valence-corrected chi connectivity index (χ3v) is 7.60. The third kappa shape index (κ3) is 10.4. The lowest BCUT2D eigenvalue weighted by atomic mass is 9.82. The van der Waals surface area contributed by atoms with Crippen LogP contribution in [0.1, 0.15) is 44.7 Å². The van der Waals surface area contributed by atoms with E-state index in [2.05, 4.69) is 24.1 Å². The van der Waals surface area contributed by atoms with E-state index in [0.29, 0.717) is 17.9 Å². The van der Waals surface area contributed by atoms with Crippen molar-refractivity contribution in [3.63, 3.8) is 0 Å². The van der Waals surface area contributed by atoms with Crippen LogP contribution in [-0.2, 0) is 14.2 Å². The maximum absolute atomic E-state index is 13.1. The van der Waals surface area contributed by atoms with Gasteiger partial charge < -0.3 is 24.6 Å². The Bertz CT molecular complexity index is 1030. The van der Waals surface area contributed by atoms with Crippen molar-refractivity contribution in [3.8, 4) is 5.75 Å². The molecule has 0 aliphatic rings. The van der Waals surface area contributed by atoms with Gasteiger partial charge >= 0.3 is 19.5 Å². The van der Waals surface area contributed by atoms with E-state index >= 15 is 0 Å². The summed E-state index contributed by atoms with van der Waals surface area (Å²) < 4.78 is 16.7. The molecule has 0 aromatic heterocycles. The average molecular weight is 531 g/mol. The molecule has 0 saturated heterocycles. The molecular formula is C28H41BNO6S. The second-order valence-corrected chi connectivity index (χ2v) is 15.7. The number of carbonyl (C=O) groups is 2. The van der Waals surface area contributed by atoms with Crippen LogP contribution in [0.5, 0.6) is 5.75 Å². The molecule has 1 amide bonds. The predicted octanol–water partition coefficient (Wildman–Crippen LogP) is 3.92. The minimum atomic E-state index is -1.04. The van der Waals surface area contributed by atoms with Gasteiger partial charge in [-0.3, -0.25) is 4.79 Å². The number of aliphatic hydroxyl groups is 1. The monoisotopic (exact) mass is 530 g/mol. The second-order valence-electron chi connectivity index (χ2n) is 11.1. The zero-order valence-electron chi connectivity index (χ0n) is 23.3. The normalized spacial score (nSPS) is 13.4. The van der Waals surface area contributed by atoms with Crippen LogP contribution in [0.3, 0.4) is 0 Å². The summed E-state index contributed by atoms with van der Waals surface area (Å²) in [6.45, 7) is 9.31. The maximum Gasteiger partial charge on any atom is 0.407 e. The topological polar surface area (TPSA) is 94.1 Å². The number of carbonyl (C=O) groups excluding carboxylic acids is 2. The van der Waals surface area contributed by atoms with E-state index in [-0.39, 0.29) is 6.54 Å². The molecule has 1 unspecified atom stereocenters. The van der Waals surface area contributed by atoms with Gasteiger partial charge in [0.15, 0.2) is 0 Å². The summed E-state index contributed by atoms with van der Waals surface area (Å²) in [4.78, 5) is 25.4. The number of rotatable bonds is 12. The van der Waals surface area contributed by atoms with Crippen LogP contribution in [0, 0.1) is 6.92 Å². The van der Waals surface area contributed by atoms with Crippen LogP contribution in [-0.4, -0.2) is 73.5 Å². The second kappa shape index (κ2) is 12.8. The van der Waals surface area contributed by atoms with Crippen molar-refractivity contribution < 1.29 is 28.8 Å². The van der Waals surface area contributed by atoms with Crippen molar-refractivity contribution in [2.45, 2.75) is 51.7 Å². The van der Waals surface area contributed by atoms with Gasteiger partial charge in [-0.15, -0.1) is 0 Å². The van der Waals surface area contributed by atoms with E-state index in [0.717, 1.165) is 16.8 Å². The first-order valence-corrected chi connectivity index (χ1v) is 15.3. The maximum atomic E-state index is 13.1. The van der Waals surface area contributed by atoms with Crippen LogP contribution in [0.25, 0.3) is 0 Å². The van der Waals surface area contributed by atoms with E-state index in [1.165, 1.54) is 0 Å². The zero-order chi connectivity index (χ0) is 27.9. The van der Waals surface area contributed by atoms with Gasteiger partial charge in [0.2, 0.25) is 0 Å². The zero-order valence-corrected chi connectivity index (χ0v) is 24.1. The van der Waals surface area contributed by atoms with Crippen LogP contribution < -0.4 is 15.5 Å². The Morgan fingerprint density at radius 3 is 2.14 bits per heavy atom. The molecule has 2 aromatic carbocycles. The molecule has 1 radical (unpaired) electrons. The molecule has 9 heteroatoms. The van der Waals surface area contributed by atoms with Crippen molar-refractivity contribution in [1.82, 2.24) is 5.32 Å². The van der Waals surface area contributed by atoms with E-state index in [4.69, 9.17) is 14.1 Å². The minimum Gasteiger partial charge on any atom is -0.449 e. The molecule has 0 saturated carbocycles. The molecule has 37 heavy (non-hydrogen) atoms. The molecule has 2 aromatic rings. The van der Waals surface area contributed by atoms with Gasteiger partial charge in [0.05, 0.1) is 17.1 Å². The van der Waals surface area contributed by atoms with Crippen molar-refractivity contribution in [2.24, 2.45) is 0 Å². The van der Waals surface area contributed by atoms with Crippen LogP contribution in [0.15, 0.2) is 48.5 Å². The van der Waals surface area contributed by atoms with Gasteiger partial charge in [-0.1, -0.05) is 47.4 Å². The van der Waals surface area contributed by atoms with E-state index in [1.807, 2.05) is 45.0 Å². The number of aryl methyl sites for hydroxylation is 1. The van der Waals surface area contributed by atoms with Gasteiger partial charge in [0.1, 0.15) is 12.4 Å². The lowest BCUT2D eigenvalue weighted by molar-refractivity contribution is -0.136. The lowest BCUT2D eigenvalue weighted by Gasteiger charge is -2.37. The highest BCUT2D eigenvalue weighted by Crippen LogP contribution is 2.33. The van der Waals surface area contributed by atoms with Crippen molar-refractivity contribution >= 4 is 35.0 Å². The highest BCUT2D eigenvalue weighted by atomic mass is 32.3. The SMILES string of the molecule is Cc1ccc(OC(=O)C(CNC(=O)OCCS(C)(C)C)c2ccc([B]OC(C)(C)C(C)(C)O)cc2)cc1. The van der Waals surface area contributed by atoms with Gasteiger partial charge in [-0.25, -0.2) is 14.8 Å². The third-order valence-electron chi connectivity index (χ3n) is 6.21. The average Bonchev–Trinajstić information content (AvgIpc) is 2.78. The van der Waals surface area contributed by atoms with Gasteiger partial charge in [-0.05, 0) is 71.1 Å². The Labute approximate surface area is 223 Å². The number of amides is 1. The van der Waals surface area contributed by atoms with Gasteiger partial charge in [0, 0.05) is 12.3 Å². The molecule has 0 spiro atoms.